The standard InChI is InChI=1S/C20H19NO4S/c1-4-6-11-7-12-15(8-14(11)23)25-19-16(18(12)24)20-21(10(3)9-26-20)17(19)13(22)5-2/h7-9,23H,4-6H2,1-3H3. The van der Waals surface area contributed by atoms with E-state index in [9.17, 15) is 14.7 Å². The van der Waals surface area contributed by atoms with Gasteiger partial charge >= 0.3 is 0 Å². The Morgan fingerprint density at radius 3 is 2.77 bits per heavy atom. The summed E-state index contributed by atoms with van der Waals surface area (Å²) in [5, 5.41) is 13.1. The second-order valence-corrected chi connectivity index (χ2v) is 7.36. The van der Waals surface area contributed by atoms with Crippen molar-refractivity contribution in [2.24, 2.45) is 0 Å². The number of aromatic nitrogens is 1. The van der Waals surface area contributed by atoms with Crippen molar-refractivity contribution >= 4 is 43.9 Å². The first-order valence-electron chi connectivity index (χ1n) is 8.72. The highest BCUT2D eigenvalue weighted by atomic mass is 32.1. The average molecular weight is 369 g/mol. The summed E-state index contributed by atoms with van der Waals surface area (Å²) in [4.78, 5) is 26.6. The van der Waals surface area contributed by atoms with Gasteiger partial charge in [0.1, 0.15) is 27.2 Å². The minimum Gasteiger partial charge on any atom is -0.508 e. The third-order valence-corrected chi connectivity index (χ3v) is 5.81. The second kappa shape index (κ2) is 5.99. The van der Waals surface area contributed by atoms with E-state index in [1.807, 2.05) is 23.6 Å². The smallest absolute Gasteiger partial charge is 0.203 e. The molecule has 0 spiro atoms. The number of nitrogens with zero attached hydrogens (tertiary/aromatic N) is 1. The molecule has 1 N–H and O–H groups in total. The molecule has 0 saturated carbocycles. The molecule has 0 bridgehead atoms. The third kappa shape index (κ3) is 2.22. The van der Waals surface area contributed by atoms with Crippen LogP contribution >= 0.6 is 11.3 Å². The van der Waals surface area contributed by atoms with Crippen molar-refractivity contribution in [2.45, 2.75) is 40.0 Å². The maximum Gasteiger partial charge on any atom is 0.203 e. The van der Waals surface area contributed by atoms with Crippen LogP contribution in [0.15, 0.2) is 26.7 Å². The highest BCUT2D eigenvalue weighted by Gasteiger charge is 2.25. The molecule has 0 atom stereocenters. The number of carbonyl (C=O) groups excluding carboxylic acids is 1. The van der Waals surface area contributed by atoms with Crippen LogP contribution in [0.5, 0.6) is 5.75 Å². The van der Waals surface area contributed by atoms with Crippen LogP contribution in [-0.4, -0.2) is 15.3 Å². The molecule has 0 aliphatic carbocycles. The first-order valence-corrected chi connectivity index (χ1v) is 9.60. The lowest BCUT2D eigenvalue weighted by Crippen LogP contribution is -2.04. The molecule has 26 heavy (non-hydrogen) atoms. The molecule has 4 rings (SSSR count). The van der Waals surface area contributed by atoms with Crippen LogP contribution in [0.25, 0.3) is 26.8 Å². The SMILES string of the molecule is CCCc1cc2c(=O)c3c(oc2cc1O)c(C(=O)CC)n1c(C)csc31. The number of hydrogen-bond donors (Lipinski definition) is 1. The number of aromatic hydroxyl groups is 1. The fraction of sp³-hybridized carbons (Fsp3) is 0.300. The number of aryl methyl sites for hydroxylation is 2. The average Bonchev–Trinajstić information content (AvgIpc) is 3.14. The van der Waals surface area contributed by atoms with Crippen LogP contribution < -0.4 is 5.43 Å². The van der Waals surface area contributed by atoms with Crippen molar-refractivity contribution in [2.75, 3.05) is 0 Å². The van der Waals surface area contributed by atoms with Gasteiger partial charge in [-0.3, -0.25) is 14.0 Å². The molecule has 4 aromatic rings. The van der Waals surface area contributed by atoms with E-state index in [4.69, 9.17) is 4.42 Å². The Bertz CT molecular complexity index is 1240. The van der Waals surface area contributed by atoms with Gasteiger partial charge < -0.3 is 9.52 Å². The van der Waals surface area contributed by atoms with Crippen LogP contribution in [-0.2, 0) is 6.42 Å². The van der Waals surface area contributed by atoms with Gasteiger partial charge in [0.25, 0.3) is 0 Å². The molecule has 0 fully saturated rings. The van der Waals surface area contributed by atoms with Gasteiger partial charge in [-0.05, 0) is 25.0 Å². The van der Waals surface area contributed by atoms with Crippen molar-refractivity contribution < 1.29 is 14.3 Å². The Morgan fingerprint density at radius 2 is 2.08 bits per heavy atom. The molecule has 134 valence electrons. The maximum absolute atomic E-state index is 13.2. The number of Topliss-reactive ketones (excluding diaryl/α,β-unsaturated/α-hetero) is 1. The number of phenolic OH excluding ortho intramolecular Hbond substituents is 1. The zero-order chi connectivity index (χ0) is 18.6. The molecule has 0 aliphatic rings. The van der Waals surface area contributed by atoms with Crippen molar-refractivity contribution in [1.82, 2.24) is 4.40 Å². The van der Waals surface area contributed by atoms with Crippen LogP contribution in [0.4, 0.5) is 0 Å². The highest BCUT2D eigenvalue weighted by Crippen LogP contribution is 2.34. The Morgan fingerprint density at radius 1 is 1.31 bits per heavy atom. The Kier molecular flexibility index (Phi) is 3.88. The summed E-state index contributed by atoms with van der Waals surface area (Å²) in [5.41, 5.74) is 2.49. The van der Waals surface area contributed by atoms with Gasteiger partial charge in [0.2, 0.25) is 5.43 Å². The summed E-state index contributed by atoms with van der Waals surface area (Å²) in [5.74, 6) is 0.0354. The summed E-state index contributed by atoms with van der Waals surface area (Å²) < 4.78 is 7.82. The Labute approximate surface area is 153 Å². The summed E-state index contributed by atoms with van der Waals surface area (Å²) in [6.45, 7) is 5.71. The topological polar surface area (TPSA) is 71.9 Å². The van der Waals surface area contributed by atoms with Gasteiger partial charge in [0.15, 0.2) is 11.4 Å². The van der Waals surface area contributed by atoms with Crippen molar-refractivity contribution in [3.8, 4) is 5.75 Å². The lowest BCUT2D eigenvalue weighted by atomic mass is 10.0. The summed E-state index contributed by atoms with van der Waals surface area (Å²) in [7, 11) is 0. The number of carbonyl (C=O) groups is 1. The third-order valence-electron chi connectivity index (χ3n) is 4.75. The van der Waals surface area contributed by atoms with Gasteiger partial charge in [-0.1, -0.05) is 20.3 Å². The molecule has 3 aromatic heterocycles. The summed E-state index contributed by atoms with van der Waals surface area (Å²) in [6, 6.07) is 3.20. The molecular formula is C20H19NO4S. The van der Waals surface area contributed by atoms with Gasteiger partial charge in [-0.2, -0.15) is 0 Å². The second-order valence-electron chi connectivity index (χ2n) is 6.51. The van der Waals surface area contributed by atoms with Crippen molar-refractivity contribution in [3.05, 3.63) is 44.7 Å². The largest absolute Gasteiger partial charge is 0.508 e. The minimum absolute atomic E-state index is 0.0779. The lowest BCUT2D eigenvalue weighted by Gasteiger charge is -2.06. The van der Waals surface area contributed by atoms with Gasteiger partial charge in [0.05, 0.1) is 5.39 Å². The van der Waals surface area contributed by atoms with E-state index in [2.05, 4.69) is 0 Å². The Hall–Kier alpha value is -2.60. The predicted octanol–water partition coefficient (Wildman–Crippen LogP) is 4.82. The lowest BCUT2D eigenvalue weighted by molar-refractivity contribution is 0.0983. The number of ketones is 1. The van der Waals surface area contributed by atoms with E-state index in [-0.39, 0.29) is 17.0 Å². The number of fused-ring (bicyclic) bond motifs is 4. The molecule has 0 amide bonds. The normalized spacial score (nSPS) is 11.8. The fourth-order valence-electron chi connectivity index (χ4n) is 3.48. The molecule has 0 saturated heterocycles. The van der Waals surface area contributed by atoms with Gasteiger partial charge in [0, 0.05) is 23.6 Å². The van der Waals surface area contributed by atoms with Crippen LogP contribution in [0, 0.1) is 6.92 Å². The number of thiazole rings is 1. The van der Waals surface area contributed by atoms with Gasteiger partial charge in [-0.25, -0.2) is 0 Å². The number of rotatable bonds is 4. The molecular weight excluding hydrogens is 350 g/mol. The molecule has 6 heteroatoms. The van der Waals surface area contributed by atoms with E-state index in [0.29, 0.717) is 40.5 Å². The van der Waals surface area contributed by atoms with E-state index in [0.717, 1.165) is 22.5 Å². The molecule has 0 unspecified atom stereocenters. The minimum atomic E-state index is -0.159. The predicted molar refractivity (Wildman–Crippen MR) is 104 cm³/mol. The zero-order valence-electron chi connectivity index (χ0n) is 14.9. The maximum atomic E-state index is 13.2. The number of benzene rings is 1. The molecule has 1 aromatic carbocycles. The van der Waals surface area contributed by atoms with Crippen LogP contribution in [0.2, 0.25) is 0 Å². The zero-order valence-corrected chi connectivity index (χ0v) is 15.7. The molecule has 0 aliphatic heterocycles. The molecule has 3 heterocycles. The van der Waals surface area contributed by atoms with E-state index < -0.39 is 0 Å². The quantitative estimate of drug-likeness (QED) is 0.524. The van der Waals surface area contributed by atoms with Gasteiger partial charge in [-0.15, -0.1) is 11.3 Å². The van der Waals surface area contributed by atoms with E-state index in [1.54, 1.807) is 13.0 Å². The summed E-state index contributed by atoms with van der Waals surface area (Å²) in [6.07, 6.45) is 1.86. The first kappa shape index (κ1) is 16.8. The van der Waals surface area contributed by atoms with Crippen molar-refractivity contribution in [1.29, 1.82) is 0 Å². The monoisotopic (exact) mass is 369 g/mol. The van der Waals surface area contributed by atoms with Crippen molar-refractivity contribution in [3.63, 3.8) is 0 Å². The first-order chi connectivity index (χ1) is 12.5. The van der Waals surface area contributed by atoms with E-state index >= 15 is 0 Å². The van der Waals surface area contributed by atoms with E-state index in [1.165, 1.54) is 17.4 Å². The summed E-state index contributed by atoms with van der Waals surface area (Å²) >= 11 is 1.43. The van der Waals surface area contributed by atoms with Crippen LogP contribution in [0.3, 0.4) is 0 Å². The Balaban J connectivity index is 2.22. The highest BCUT2D eigenvalue weighted by molar-refractivity contribution is 7.16. The number of phenols is 1. The van der Waals surface area contributed by atoms with Crippen LogP contribution in [0.1, 0.15) is 48.4 Å². The fourth-order valence-corrected chi connectivity index (χ4v) is 4.51. The molecule has 5 nitrogen and oxygen atoms in total. The number of hydrogen-bond acceptors (Lipinski definition) is 5. The molecule has 0 radical (unpaired) electrons.